The third-order valence-corrected chi connectivity index (χ3v) is 4.41. The Kier molecular flexibility index (Phi) is 6.50. The summed E-state index contributed by atoms with van der Waals surface area (Å²) in [4.78, 5) is 23.7. The average Bonchev–Trinajstić information content (AvgIpc) is 2.43. The van der Waals surface area contributed by atoms with E-state index in [1.165, 1.54) is 6.42 Å². The van der Waals surface area contributed by atoms with E-state index in [4.69, 9.17) is 9.47 Å². The summed E-state index contributed by atoms with van der Waals surface area (Å²) in [5.41, 5.74) is -0.470. The van der Waals surface area contributed by atoms with Crippen LogP contribution in [0, 0.1) is 17.3 Å². The maximum Gasteiger partial charge on any atom is 0.311 e. The topological polar surface area (TPSA) is 52.6 Å². The first kappa shape index (κ1) is 17.0. The van der Waals surface area contributed by atoms with Gasteiger partial charge in [-0.05, 0) is 39.0 Å². The lowest BCUT2D eigenvalue weighted by atomic mass is 9.80. The highest BCUT2D eigenvalue weighted by Gasteiger charge is 2.29. The Morgan fingerprint density at radius 1 is 1.10 bits per heavy atom. The lowest BCUT2D eigenvalue weighted by Gasteiger charge is -2.26. The Morgan fingerprint density at radius 3 is 2.30 bits per heavy atom. The summed E-state index contributed by atoms with van der Waals surface area (Å²) in [6.45, 7) is 8.07. The molecule has 0 aromatic carbocycles. The van der Waals surface area contributed by atoms with Crippen LogP contribution in [0.5, 0.6) is 0 Å². The van der Waals surface area contributed by atoms with Gasteiger partial charge in [0.15, 0.2) is 0 Å². The van der Waals surface area contributed by atoms with Gasteiger partial charge in [-0.15, -0.1) is 0 Å². The van der Waals surface area contributed by atoms with Crippen molar-refractivity contribution in [3.05, 3.63) is 0 Å². The van der Waals surface area contributed by atoms with Gasteiger partial charge >= 0.3 is 11.9 Å². The van der Waals surface area contributed by atoms with Gasteiger partial charge in [0.05, 0.1) is 11.3 Å². The highest BCUT2D eigenvalue weighted by atomic mass is 16.6. The minimum atomic E-state index is -0.470. The van der Waals surface area contributed by atoms with E-state index in [9.17, 15) is 9.59 Å². The van der Waals surface area contributed by atoms with Gasteiger partial charge in [-0.1, -0.05) is 26.7 Å². The smallest absolute Gasteiger partial charge is 0.311 e. The number of carbonyl (C=O) groups is 2. The van der Waals surface area contributed by atoms with Crippen molar-refractivity contribution in [1.82, 2.24) is 0 Å². The van der Waals surface area contributed by atoms with Gasteiger partial charge in [-0.25, -0.2) is 0 Å². The lowest BCUT2D eigenvalue weighted by molar-refractivity contribution is -0.161. The van der Waals surface area contributed by atoms with Gasteiger partial charge in [-0.3, -0.25) is 9.59 Å². The highest BCUT2D eigenvalue weighted by molar-refractivity contribution is 5.76. The molecular formula is C16H28O4. The van der Waals surface area contributed by atoms with Crippen LogP contribution in [0.4, 0.5) is 0 Å². The zero-order valence-corrected chi connectivity index (χ0v) is 13.2. The second kappa shape index (κ2) is 7.65. The predicted octanol–water partition coefficient (Wildman–Crippen LogP) is 3.34. The summed E-state index contributed by atoms with van der Waals surface area (Å²) in [5.74, 6) is 0.0504. The SMILES string of the molecule is CCC(C)(C)C(=O)OCCOC(=O)C1CCCCC1C. The molecule has 1 saturated carbocycles. The van der Waals surface area contributed by atoms with Crippen molar-refractivity contribution in [3.8, 4) is 0 Å². The molecule has 1 rings (SSSR count). The van der Waals surface area contributed by atoms with E-state index in [1.54, 1.807) is 0 Å². The molecule has 1 aliphatic rings. The Balaban J connectivity index is 2.24. The number of rotatable bonds is 6. The van der Waals surface area contributed by atoms with E-state index in [0.29, 0.717) is 5.92 Å². The quantitative estimate of drug-likeness (QED) is 0.554. The molecule has 0 N–H and O–H groups in total. The summed E-state index contributed by atoms with van der Waals surface area (Å²) < 4.78 is 10.4. The molecular weight excluding hydrogens is 256 g/mol. The average molecular weight is 284 g/mol. The van der Waals surface area contributed by atoms with Crippen molar-refractivity contribution in [2.24, 2.45) is 17.3 Å². The molecule has 2 atom stereocenters. The van der Waals surface area contributed by atoms with Crippen molar-refractivity contribution >= 4 is 11.9 Å². The first-order valence-corrected chi connectivity index (χ1v) is 7.72. The standard InChI is InChI=1S/C16H28O4/c1-5-16(3,4)15(18)20-11-10-19-14(17)13-9-7-6-8-12(13)2/h12-13H,5-11H2,1-4H3. The molecule has 2 unspecified atom stereocenters. The number of carbonyl (C=O) groups excluding carboxylic acids is 2. The van der Waals surface area contributed by atoms with Crippen LogP contribution in [0.25, 0.3) is 0 Å². The van der Waals surface area contributed by atoms with Crippen molar-refractivity contribution in [3.63, 3.8) is 0 Å². The van der Waals surface area contributed by atoms with E-state index in [2.05, 4.69) is 6.92 Å². The summed E-state index contributed by atoms with van der Waals surface area (Å²) in [7, 11) is 0. The summed E-state index contributed by atoms with van der Waals surface area (Å²) >= 11 is 0. The number of esters is 2. The molecule has 0 saturated heterocycles. The highest BCUT2D eigenvalue weighted by Crippen LogP contribution is 2.30. The normalized spacial score (nSPS) is 23.2. The molecule has 0 amide bonds. The van der Waals surface area contributed by atoms with E-state index in [-0.39, 0.29) is 31.1 Å². The molecule has 0 aromatic heterocycles. The van der Waals surface area contributed by atoms with Gasteiger partial charge in [0.1, 0.15) is 13.2 Å². The fraction of sp³-hybridized carbons (Fsp3) is 0.875. The van der Waals surface area contributed by atoms with Crippen molar-refractivity contribution in [2.45, 2.75) is 59.8 Å². The Hall–Kier alpha value is -1.06. The third kappa shape index (κ3) is 4.80. The first-order valence-electron chi connectivity index (χ1n) is 7.72. The molecule has 0 heterocycles. The summed E-state index contributed by atoms with van der Waals surface area (Å²) in [5, 5.41) is 0. The molecule has 0 aromatic rings. The monoisotopic (exact) mass is 284 g/mol. The summed E-state index contributed by atoms with van der Waals surface area (Å²) in [6.07, 6.45) is 5.05. The molecule has 116 valence electrons. The van der Waals surface area contributed by atoms with E-state index in [1.807, 2.05) is 20.8 Å². The predicted molar refractivity (Wildman–Crippen MR) is 77.1 cm³/mol. The molecule has 1 aliphatic carbocycles. The number of hydrogen-bond donors (Lipinski definition) is 0. The number of hydrogen-bond acceptors (Lipinski definition) is 4. The summed E-state index contributed by atoms with van der Waals surface area (Å²) in [6, 6.07) is 0. The van der Waals surface area contributed by atoms with Crippen LogP contribution in [0.1, 0.15) is 59.8 Å². The lowest BCUT2D eigenvalue weighted by Crippen LogP contribution is -2.30. The number of ether oxygens (including phenoxy) is 2. The molecule has 4 heteroatoms. The fourth-order valence-corrected chi connectivity index (χ4v) is 2.39. The first-order chi connectivity index (χ1) is 9.38. The van der Waals surface area contributed by atoms with Crippen molar-refractivity contribution in [1.29, 1.82) is 0 Å². The molecule has 1 fully saturated rings. The molecule has 20 heavy (non-hydrogen) atoms. The molecule has 4 nitrogen and oxygen atoms in total. The van der Waals surface area contributed by atoms with Crippen LogP contribution in [-0.2, 0) is 19.1 Å². The van der Waals surface area contributed by atoms with Crippen LogP contribution in [-0.4, -0.2) is 25.2 Å². The zero-order chi connectivity index (χ0) is 15.2. The van der Waals surface area contributed by atoms with Gasteiger partial charge < -0.3 is 9.47 Å². The minimum Gasteiger partial charge on any atom is -0.462 e. The molecule has 0 aliphatic heterocycles. The van der Waals surface area contributed by atoms with E-state index >= 15 is 0 Å². The van der Waals surface area contributed by atoms with Gasteiger partial charge in [0.2, 0.25) is 0 Å². The van der Waals surface area contributed by atoms with Crippen LogP contribution >= 0.6 is 0 Å². The third-order valence-electron chi connectivity index (χ3n) is 4.41. The Morgan fingerprint density at radius 2 is 1.70 bits per heavy atom. The second-order valence-corrected chi connectivity index (χ2v) is 6.41. The zero-order valence-electron chi connectivity index (χ0n) is 13.2. The molecule has 0 radical (unpaired) electrons. The maximum absolute atomic E-state index is 11.9. The second-order valence-electron chi connectivity index (χ2n) is 6.41. The van der Waals surface area contributed by atoms with Crippen LogP contribution in [0.2, 0.25) is 0 Å². The van der Waals surface area contributed by atoms with Crippen LogP contribution in [0.15, 0.2) is 0 Å². The van der Waals surface area contributed by atoms with E-state index < -0.39 is 5.41 Å². The van der Waals surface area contributed by atoms with Crippen LogP contribution in [0.3, 0.4) is 0 Å². The Bertz CT molecular complexity index is 335. The fourth-order valence-electron chi connectivity index (χ4n) is 2.39. The van der Waals surface area contributed by atoms with Crippen LogP contribution < -0.4 is 0 Å². The van der Waals surface area contributed by atoms with Gasteiger partial charge in [-0.2, -0.15) is 0 Å². The Labute approximate surface area is 122 Å². The largest absolute Gasteiger partial charge is 0.462 e. The molecule has 0 bridgehead atoms. The maximum atomic E-state index is 11.9. The van der Waals surface area contributed by atoms with Crippen molar-refractivity contribution in [2.75, 3.05) is 13.2 Å². The molecule has 0 spiro atoms. The van der Waals surface area contributed by atoms with E-state index in [0.717, 1.165) is 25.7 Å². The van der Waals surface area contributed by atoms with Gasteiger partial charge in [0, 0.05) is 0 Å². The van der Waals surface area contributed by atoms with Gasteiger partial charge in [0.25, 0.3) is 0 Å². The minimum absolute atomic E-state index is 0.0199. The van der Waals surface area contributed by atoms with Crippen molar-refractivity contribution < 1.29 is 19.1 Å².